The number of ether oxygens (including phenoxy) is 3. The molecule has 3 aliphatic carbocycles. The first-order chi connectivity index (χ1) is 37.8. The highest BCUT2D eigenvalue weighted by atomic mass is 19.4. The number of hydrogen-bond acceptors (Lipinski definition) is 8. The van der Waals surface area contributed by atoms with Crippen molar-refractivity contribution in [1.29, 1.82) is 0 Å². The van der Waals surface area contributed by atoms with Gasteiger partial charge in [0.2, 0.25) is 0 Å². The summed E-state index contributed by atoms with van der Waals surface area (Å²) in [6, 6.07) is 25.0. The molecule has 2 heterocycles. The Labute approximate surface area is 458 Å². The molecule has 0 amide bonds. The highest BCUT2D eigenvalue weighted by Gasteiger charge is 2.50. The molecule has 6 aromatic carbocycles. The van der Waals surface area contributed by atoms with Crippen LogP contribution in [0.15, 0.2) is 103 Å². The summed E-state index contributed by atoms with van der Waals surface area (Å²) in [4.78, 5) is 17.8. The standard InChI is InChI=1S/C65H68F6N2O6/c1-5-6-7-8-39-9-11-40(12-10-39)41-13-15-42(16-14-41)61(76)78-49-27-21-46(22-28-49)72-31-33-73(34-32-72)55-37-51-52(38-56(55)77-4)60-50(29-30-63(79-60,43-17-23-47(74)24-18-43)44-19-25-48(75)26-20-44)59-57(51)53-35-45(64(66,67)68)36-54(65(69,70)71)58(53)62(59,2)3/h17-30,35-42,74-75H,5-16,31-34H2,1-4H3. The van der Waals surface area contributed by atoms with Gasteiger partial charge in [-0.05, 0) is 163 Å². The minimum absolute atomic E-state index is 0.00208. The normalized spacial score (nSPS) is 21.5. The highest BCUT2D eigenvalue weighted by Crippen LogP contribution is 2.62. The highest BCUT2D eigenvalue weighted by molar-refractivity contribution is 6.10. The minimum Gasteiger partial charge on any atom is -0.508 e. The number of carbonyl (C=O) groups is 1. The fraction of sp³-hybridized carbons (Fsp3) is 0.431. The van der Waals surface area contributed by atoms with Crippen LogP contribution in [0.5, 0.6) is 28.7 Å². The number of esters is 1. The van der Waals surface area contributed by atoms with Crippen molar-refractivity contribution >= 4 is 34.2 Å². The topological polar surface area (TPSA) is 91.7 Å². The number of alkyl halides is 6. The number of anilines is 2. The van der Waals surface area contributed by atoms with Gasteiger partial charge in [-0.25, -0.2) is 0 Å². The number of carbonyl (C=O) groups excluding carboxylic acids is 1. The van der Waals surface area contributed by atoms with E-state index in [0.717, 1.165) is 49.3 Å². The average molecular weight is 1090 g/mol. The van der Waals surface area contributed by atoms with Crippen molar-refractivity contribution in [2.24, 2.45) is 23.7 Å². The van der Waals surface area contributed by atoms with Crippen LogP contribution in [-0.2, 0) is 28.2 Å². The van der Waals surface area contributed by atoms with Crippen molar-refractivity contribution in [3.63, 3.8) is 0 Å². The molecular weight excluding hydrogens is 1020 g/mol. The zero-order valence-electron chi connectivity index (χ0n) is 45.2. The average Bonchev–Trinajstić information content (AvgIpc) is 3.97. The van der Waals surface area contributed by atoms with Crippen LogP contribution < -0.4 is 24.0 Å². The van der Waals surface area contributed by atoms with Crippen molar-refractivity contribution < 1.29 is 55.6 Å². The number of unbranched alkanes of at least 4 members (excludes halogenated alkanes) is 2. The van der Waals surface area contributed by atoms with Gasteiger partial charge in [0.15, 0.2) is 5.60 Å². The van der Waals surface area contributed by atoms with Gasteiger partial charge in [-0.15, -0.1) is 0 Å². The van der Waals surface area contributed by atoms with Crippen molar-refractivity contribution in [2.75, 3.05) is 43.1 Å². The lowest BCUT2D eigenvalue weighted by Crippen LogP contribution is -2.46. The first-order valence-electron chi connectivity index (χ1n) is 28.1. The number of phenolic OH excluding ortho intramolecular Hbond substituents is 2. The van der Waals surface area contributed by atoms with Crippen molar-refractivity contribution in [3.05, 3.63) is 142 Å². The summed E-state index contributed by atoms with van der Waals surface area (Å²) in [5.41, 5.74) is -2.42. The quantitative estimate of drug-likeness (QED) is 0.0542. The molecule has 8 nitrogen and oxygen atoms in total. The van der Waals surface area contributed by atoms with Crippen molar-refractivity contribution in [3.8, 4) is 39.9 Å². The summed E-state index contributed by atoms with van der Waals surface area (Å²) in [6.45, 7) is 7.56. The number of fused-ring (bicyclic) bond motifs is 8. The van der Waals surface area contributed by atoms with Crippen LogP contribution in [-0.4, -0.2) is 49.5 Å². The van der Waals surface area contributed by atoms with Gasteiger partial charge in [0.25, 0.3) is 0 Å². The molecule has 0 bridgehead atoms. The predicted molar refractivity (Wildman–Crippen MR) is 296 cm³/mol. The maximum Gasteiger partial charge on any atom is 0.416 e. The first kappa shape index (κ1) is 54.1. The Bertz CT molecular complexity index is 3210. The Balaban J connectivity index is 0.884. The third-order valence-electron chi connectivity index (χ3n) is 18.1. The first-order valence-corrected chi connectivity index (χ1v) is 28.1. The summed E-state index contributed by atoms with van der Waals surface area (Å²) in [5, 5.41) is 21.5. The van der Waals surface area contributed by atoms with Crippen LogP contribution >= 0.6 is 0 Å². The van der Waals surface area contributed by atoms with E-state index in [9.17, 15) is 28.2 Å². The van der Waals surface area contributed by atoms with Gasteiger partial charge < -0.3 is 34.2 Å². The summed E-state index contributed by atoms with van der Waals surface area (Å²) < 4.78 is 109. The third kappa shape index (κ3) is 10.1. The van der Waals surface area contributed by atoms with Gasteiger partial charge in [-0.2, -0.15) is 26.3 Å². The van der Waals surface area contributed by atoms with Crippen LogP contribution in [0.25, 0.3) is 28.0 Å². The molecule has 3 fully saturated rings. The Morgan fingerprint density at radius 1 is 0.696 bits per heavy atom. The van der Waals surface area contributed by atoms with E-state index >= 15 is 13.2 Å². The minimum atomic E-state index is -5.14. The van der Waals surface area contributed by atoms with Gasteiger partial charge in [0, 0.05) is 59.4 Å². The number of rotatable bonds is 12. The monoisotopic (exact) mass is 1090 g/mol. The number of nitrogens with zero attached hydrogens (tertiary/aromatic N) is 2. The van der Waals surface area contributed by atoms with E-state index in [1.165, 1.54) is 82.7 Å². The molecule has 1 saturated heterocycles. The molecule has 79 heavy (non-hydrogen) atoms. The van der Waals surface area contributed by atoms with Crippen LogP contribution in [0, 0.1) is 23.7 Å². The van der Waals surface area contributed by atoms with Gasteiger partial charge in [-0.3, -0.25) is 4.79 Å². The second-order valence-corrected chi connectivity index (χ2v) is 23.2. The number of phenols is 2. The summed E-state index contributed by atoms with van der Waals surface area (Å²) in [5.74, 6) is 3.29. The third-order valence-corrected chi connectivity index (χ3v) is 18.1. The van der Waals surface area contributed by atoms with E-state index in [1.54, 1.807) is 56.3 Å². The maximum atomic E-state index is 15.3. The molecule has 416 valence electrons. The number of aromatic hydroxyl groups is 2. The molecule has 2 saturated carbocycles. The fourth-order valence-electron chi connectivity index (χ4n) is 14.0. The molecule has 5 aliphatic rings. The zero-order valence-corrected chi connectivity index (χ0v) is 45.2. The Morgan fingerprint density at radius 2 is 1.29 bits per heavy atom. The molecule has 0 spiro atoms. The second kappa shape index (κ2) is 21.0. The van der Waals surface area contributed by atoms with E-state index in [-0.39, 0.29) is 51.9 Å². The number of halogens is 6. The van der Waals surface area contributed by atoms with E-state index in [4.69, 9.17) is 14.2 Å². The van der Waals surface area contributed by atoms with E-state index < -0.39 is 34.5 Å². The molecule has 2 aliphatic heterocycles. The molecule has 0 unspecified atom stereocenters. The number of hydrogen-bond donors (Lipinski definition) is 2. The molecule has 0 aromatic heterocycles. The lowest BCUT2D eigenvalue weighted by molar-refractivity contribution is -0.144. The Kier molecular flexibility index (Phi) is 14.4. The Morgan fingerprint density at radius 3 is 1.86 bits per heavy atom. The number of methoxy groups -OCH3 is 1. The Hall–Kier alpha value is -6.83. The molecule has 14 heteroatoms. The predicted octanol–water partition coefficient (Wildman–Crippen LogP) is 16.4. The molecule has 0 atom stereocenters. The van der Waals surface area contributed by atoms with E-state index in [2.05, 4.69) is 16.7 Å². The van der Waals surface area contributed by atoms with Crippen molar-refractivity contribution in [1.82, 2.24) is 0 Å². The van der Waals surface area contributed by atoms with Gasteiger partial charge in [0.05, 0.1) is 29.8 Å². The van der Waals surface area contributed by atoms with E-state index in [1.807, 2.05) is 30.3 Å². The smallest absolute Gasteiger partial charge is 0.416 e. The van der Waals surface area contributed by atoms with E-state index in [0.29, 0.717) is 82.3 Å². The SMILES string of the molecule is CCCCCC1CCC(C2CCC(C(=O)Oc3ccc(N4CCN(c5cc6c7c(c8c(c6cc5OC)OC(c5ccc(O)cc5)(c5ccc(O)cc5)C=C8)C(C)(C)c5c-7cc(C(F)(F)F)cc5C(F)(F)F)CC4)cc3)CC2)CC1. The van der Waals surface area contributed by atoms with Crippen LogP contribution in [0.4, 0.5) is 37.7 Å². The molecular formula is C65H68F6N2O6. The zero-order chi connectivity index (χ0) is 55.6. The number of benzene rings is 6. The van der Waals surface area contributed by atoms with Gasteiger partial charge in [-0.1, -0.05) is 89.6 Å². The van der Waals surface area contributed by atoms with Crippen LogP contribution in [0.1, 0.15) is 137 Å². The summed E-state index contributed by atoms with van der Waals surface area (Å²) in [7, 11) is 1.52. The second-order valence-electron chi connectivity index (χ2n) is 23.2. The largest absolute Gasteiger partial charge is 0.508 e. The van der Waals surface area contributed by atoms with Crippen LogP contribution in [0.3, 0.4) is 0 Å². The molecule has 0 radical (unpaired) electrons. The molecule has 11 rings (SSSR count). The maximum absolute atomic E-state index is 15.3. The lowest BCUT2D eigenvalue weighted by atomic mass is 9.68. The number of piperazine rings is 1. The summed E-state index contributed by atoms with van der Waals surface area (Å²) >= 11 is 0. The molecule has 2 N–H and O–H groups in total. The van der Waals surface area contributed by atoms with Crippen LogP contribution in [0.2, 0.25) is 0 Å². The van der Waals surface area contributed by atoms with Crippen molar-refractivity contribution in [2.45, 2.75) is 121 Å². The fourth-order valence-corrected chi connectivity index (χ4v) is 14.0. The summed E-state index contributed by atoms with van der Waals surface area (Å²) in [6.07, 6.45) is 7.86. The molecule has 6 aromatic rings. The lowest BCUT2D eigenvalue weighted by Gasteiger charge is -2.39. The van der Waals surface area contributed by atoms with Gasteiger partial charge >= 0.3 is 18.3 Å². The van der Waals surface area contributed by atoms with Gasteiger partial charge in [0.1, 0.15) is 28.7 Å².